The van der Waals surface area contributed by atoms with Gasteiger partial charge in [0.25, 0.3) is 0 Å². The minimum absolute atomic E-state index is 0.000860. The van der Waals surface area contributed by atoms with Gasteiger partial charge in [-0.3, -0.25) is 4.79 Å². The molecule has 1 fully saturated rings. The summed E-state index contributed by atoms with van der Waals surface area (Å²) in [7, 11) is 0. The van der Waals surface area contributed by atoms with Gasteiger partial charge in [-0.2, -0.15) is 0 Å². The molecule has 1 N–H and O–H groups in total. The standard InChI is InChI=1S/C22H26N4O/c1-17-7-3-4-8-19(17)15-23-21(27)16-26-14-11-18-9-10-20(24-22(18)26)25-12-5-2-6-13-25/h3-4,7-11,14H,2,5-6,12-13,15-16H2,1H3,(H,23,27). The molecule has 3 aromatic rings. The van der Waals surface area contributed by atoms with Gasteiger partial charge >= 0.3 is 0 Å². The molecule has 1 aliphatic heterocycles. The van der Waals surface area contributed by atoms with Gasteiger partial charge in [-0.25, -0.2) is 4.98 Å². The highest BCUT2D eigenvalue weighted by atomic mass is 16.1. The fourth-order valence-electron chi connectivity index (χ4n) is 3.69. The number of carbonyl (C=O) groups excluding carboxylic acids is 1. The molecule has 1 saturated heterocycles. The summed E-state index contributed by atoms with van der Waals surface area (Å²) in [6, 6.07) is 14.3. The van der Waals surface area contributed by atoms with E-state index in [-0.39, 0.29) is 12.5 Å². The number of rotatable bonds is 5. The van der Waals surface area contributed by atoms with Crippen molar-refractivity contribution in [1.29, 1.82) is 0 Å². The lowest BCUT2D eigenvalue weighted by atomic mass is 10.1. The van der Waals surface area contributed by atoms with Crippen molar-refractivity contribution in [2.45, 2.75) is 39.3 Å². The summed E-state index contributed by atoms with van der Waals surface area (Å²) in [5.41, 5.74) is 3.22. The number of carbonyl (C=O) groups is 1. The summed E-state index contributed by atoms with van der Waals surface area (Å²) in [6.45, 7) is 5.03. The van der Waals surface area contributed by atoms with Gasteiger partial charge in [-0.1, -0.05) is 24.3 Å². The average Bonchev–Trinajstić information content (AvgIpc) is 3.10. The molecule has 0 bridgehead atoms. The van der Waals surface area contributed by atoms with Crippen LogP contribution in [0.2, 0.25) is 0 Å². The van der Waals surface area contributed by atoms with Crippen LogP contribution in [0.3, 0.4) is 0 Å². The molecule has 0 radical (unpaired) electrons. The van der Waals surface area contributed by atoms with Gasteiger partial charge in [0.15, 0.2) is 0 Å². The second-order valence-electron chi connectivity index (χ2n) is 7.28. The van der Waals surface area contributed by atoms with Gasteiger partial charge in [0.05, 0.1) is 0 Å². The molecule has 0 atom stereocenters. The first kappa shape index (κ1) is 17.6. The number of amides is 1. The molecule has 1 aromatic carbocycles. The van der Waals surface area contributed by atoms with Crippen LogP contribution in [0.15, 0.2) is 48.7 Å². The Balaban J connectivity index is 1.46. The lowest BCUT2D eigenvalue weighted by Gasteiger charge is -2.27. The van der Waals surface area contributed by atoms with E-state index < -0.39 is 0 Å². The van der Waals surface area contributed by atoms with E-state index in [0.29, 0.717) is 6.54 Å². The van der Waals surface area contributed by atoms with Gasteiger partial charge in [-0.05, 0) is 55.5 Å². The normalized spacial score (nSPS) is 14.5. The number of aromatic nitrogens is 2. The van der Waals surface area contributed by atoms with Crippen molar-refractivity contribution in [2.75, 3.05) is 18.0 Å². The van der Waals surface area contributed by atoms with Crippen LogP contribution >= 0.6 is 0 Å². The third-order valence-corrected chi connectivity index (χ3v) is 5.33. The third-order valence-electron chi connectivity index (χ3n) is 5.33. The van der Waals surface area contributed by atoms with E-state index in [2.05, 4.69) is 35.3 Å². The number of fused-ring (bicyclic) bond motifs is 1. The number of anilines is 1. The van der Waals surface area contributed by atoms with Crippen LogP contribution in [0, 0.1) is 6.92 Å². The Morgan fingerprint density at radius 1 is 1.07 bits per heavy atom. The first-order valence-corrected chi connectivity index (χ1v) is 9.73. The molecule has 27 heavy (non-hydrogen) atoms. The topological polar surface area (TPSA) is 50.2 Å². The second kappa shape index (κ2) is 7.82. The number of nitrogens with zero attached hydrogens (tertiary/aromatic N) is 3. The maximum atomic E-state index is 12.5. The number of benzene rings is 1. The summed E-state index contributed by atoms with van der Waals surface area (Å²) >= 11 is 0. The van der Waals surface area contributed by atoms with Crippen LogP contribution in [0.5, 0.6) is 0 Å². The summed E-state index contributed by atoms with van der Waals surface area (Å²) in [5, 5.41) is 4.09. The third kappa shape index (κ3) is 3.97. The molecule has 0 saturated carbocycles. The van der Waals surface area contributed by atoms with E-state index in [1.165, 1.54) is 24.8 Å². The van der Waals surface area contributed by atoms with Crippen molar-refractivity contribution >= 4 is 22.8 Å². The highest BCUT2D eigenvalue weighted by Crippen LogP contribution is 2.22. The molecule has 3 heterocycles. The van der Waals surface area contributed by atoms with Crippen molar-refractivity contribution in [2.24, 2.45) is 0 Å². The number of nitrogens with one attached hydrogen (secondary N) is 1. The van der Waals surface area contributed by atoms with E-state index in [0.717, 1.165) is 35.5 Å². The lowest BCUT2D eigenvalue weighted by Crippen LogP contribution is -2.30. The van der Waals surface area contributed by atoms with Crippen LogP contribution in [0.25, 0.3) is 11.0 Å². The first-order chi connectivity index (χ1) is 13.2. The lowest BCUT2D eigenvalue weighted by molar-refractivity contribution is -0.121. The summed E-state index contributed by atoms with van der Waals surface area (Å²) in [6.07, 6.45) is 5.70. The smallest absolute Gasteiger partial charge is 0.240 e. The highest BCUT2D eigenvalue weighted by molar-refractivity contribution is 5.82. The number of aryl methyl sites for hydroxylation is 1. The zero-order valence-corrected chi connectivity index (χ0v) is 15.8. The predicted molar refractivity (Wildman–Crippen MR) is 109 cm³/mol. The number of hydrogen-bond donors (Lipinski definition) is 1. The molecule has 5 nitrogen and oxygen atoms in total. The van der Waals surface area contributed by atoms with E-state index in [9.17, 15) is 4.79 Å². The first-order valence-electron chi connectivity index (χ1n) is 9.73. The average molecular weight is 362 g/mol. The Bertz CT molecular complexity index is 940. The predicted octanol–water partition coefficient (Wildman–Crippen LogP) is 3.65. The maximum Gasteiger partial charge on any atom is 0.240 e. The van der Waals surface area contributed by atoms with Crippen LogP contribution in [-0.4, -0.2) is 28.5 Å². The molecule has 140 valence electrons. The Labute approximate surface area is 160 Å². The molecule has 1 amide bonds. The number of hydrogen-bond acceptors (Lipinski definition) is 3. The second-order valence-corrected chi connectivity index (χ2v) is 7.28. The monoisotopic (exact) mass is 362 g/mol. The summed E-state index contributed by atoms with van der Waals surface area (Å²) < 4.78 is 1.94. The largest absolute Gasteiger partial charge is 0.357 e. The minimum Gasteiger partial charge on any atom is -0.357 e. The maximum absolute atomic E-state index is 12.5. The Kier molecular flexibility index (Phi) is 5.10. The molecule has 5 heteroatoms. The molecule has 2 aromatic heterocycles. The molecule has 4 rings (SSSR count). The summed E-state index contributed by atoms with van der Waals surface area (Å²) in [4.78, 5) is 19.7. The van der Waals surface area contributed by atoms with Gasteiger partial charge in [0, 0.05) is 31.2 Å². The van der Waals surface area contributed by atoms with Crippen molar-refractivity contribution in [1.82, 2.24) is 14.9 Å². The fourth-order valence-corrected chi connectivity index (χ4v) is 3.69. The molecule has 0 aliphatic carbocycles. The van der Waals surface area contributed by atoms with Crippen molar-refractivity contribution in [3.05, 3.63) is 59.8 Å². The number of pyridine rings is 1. The van der Waals surface area contributed by atoms with Crippen LogP contribution in [-0.2, 0) is 17.9 Å². The molecule has 0 unspecified atom stereocenters. The zero-order chi connectivity index (χ0) is 18.6. The van der Waals surface area contributed by atoms with E-state index in [1.807, 2.05) is 35.0 Å². The van der Waals surface area contributed by atoms with Crippen LogP contribution in [0.4, 0.5) is 5.82 Å². The van der Waals surface area contributed by atoms with Crippen molar-refractivity contribution < 1.29 is 4.79 Å². The van der Waals surface area contributed by atoms with E-state index >= 15 is 0 Å². The fraction of sp³-hybridized carbons (Fsp3) is 0.364. The van der Waals surface area contributed by atoms with Crippen molar-refractivity contribution in [3.63, 3.8) is 0 Å². The van der Waals surface area contributed by atoms with E-state index in [4.69, 9.17) is 4.98 Å². The molecular weight excluding hydrogens is 336 g/mol. The Morgan fingerprint density at radius 2 is 1.89 bits per heavy atom. The van der Waals surface area contributed by atoms with Gasteiger partial charge < -0.3 is 14.8 Å². The molecule has 0 spiro atoms. The Hall–Kier alpha value is -2.82. The van der Waals surface area contributed by atoms with Gasteiger partial charge in [-0.15, -0.1) is 0 Å². The van der Waals surface area contributed by atoms with Crippen molar-refractivity contribution in [3.8, 4) is 0 Å². The summed E-state index contributed by atoms with van der Waals surface area (Å²) in [5.74, 6) is 1.02. The van der Waals surface area contributed by atoms with Crippen LogP contribution in [0.1, 0.15) is 30.4 Å². The quantitative estimate of drug-likeness (QED) is 0.754. The highest BCUT2D eigenvalue weighted by Gasteiger charge is 2.14. The van der Waals surface area contributed by atoms with E-state index in [1.54, 1.807) is 0 Å². The SMILES string of the molecule is Cc1ccccc1CNC(=O)Cn1ccc2ccc(N3CCCCC3)nc21. The minimum atomic E-state index is 0.000860. The van der Waals surface area contributed by atoms with Gasteiger partial charge in [0.1, 0.15) is 18.0 Å². The zero-order valence-electron chi connectivity index (χ0n) is 15.8. The Morgan fingerprint density at radius 3 is 2.70 bits per heavy atom. The van der Waals surface area contributed by atoms with Gasteiger partial charge in [0.2, 0.25) is 5.91 Å². The molecule has 1 aliphatic rings. The molecular formula is C22H26N4O. The number of piperidine rings is 1. The van der Waals surface area contributed by atoms with Crippen LogP contribution < -0.4 is 10.2 Å².